The van der Waals surface area contributed by atoms with E-state index in [4.69, 9.17) is 0 Å². The molecule has 1 aromatic carbocycles. The second kappa shape index (κ2) is 3.62. The summed E-state index contributed by atoms with van der Waals surface area (Å²) in [6, 6.07) is 9.97. The highest BCUT2D eigenvalue weighted by atomic mass is 16.2. The van der Waals surface area contributed by atoms with Crippen LogP contribution in [-0.2, 0) is 4.79 Å². The van der Waals surface area contributed by atoms with E-state index in [9.17, 15) is 4.79 Å². The van der Waals surface area contributed by atoms with Crippen molar-refractivity contribution in [2.75, 3.05) is 7.05 Å². The number of carbonyl (C=O) groups excluding carboxylic acids is 1. The molecule has 0 unspecified atom stereocenters. The van der Waals surface area contributed by atoms with E-state index in [2.05, 4.69) is 5.10 Å². The van der Waals surface area contributed by atoms with Gasteiger partial charge in [0, 0.05) is 19.9 Å². The van der Waals surface area contributed by atoms with Crippen LogP contribution in [0.1, 0.15) is 18.4 Å². The lowest BCUT2D eigenvalue weighted by Gasteiger charge is -2.19. The molecule has 1 amide bonds. The monoisotopic (exact) mass is 188 g/mol. The third-order valence-corrected chi connectivity index (χ3v) is 2.31. The van der Waals surface area contributed by atoms with Crippen LogP contribution in [-0.4, -0.2) is 23.7 Å². The molecular weight excluding hydrogens is 176 g/mol. The van der Waals surface area contributed by atoms with Gasteiger partial charge in [-0.3, -0.25) is 4.79 Å². The number of amides is 1. The summed E-state index contributed by atoms with van der Waals surface area (Å²) in [7, 11) is 1.70. The minimum Gasteiger partial charge on any atom is -0.273 e. The SMILES string of the molecule is CN1N=C(c2ccccc2)CCC1=O. The van der Waals surface area contributed by atoms with E-state index in [0.717, 1.165) is 17.7 Å². The Bertz CT molecular complexity index is 370. The minimum absolute atomic E-state index is 0.0877. The molecule has 0 saturated heterocycles. The van der Waals surface area contributed by atoms with Gasteiger partial charge < -0.3 is 0 Å². The zero-order valence-corrected chi connectivity index (χ0v) is 8.10. The second-order valence-corrected chi connectivity index (χ2v) is 3.33. The smallest absolute Gasteiger partial charge is 0.242 e. The van der Waals surface area contributed by atoms with Crippen molar-refractivity contribution in [3.8, 4) is 0 Å². The van der Waals surface area contributed by atoms with Gasteiger partial charge in [0.2, 0.25) is 5.91 Å². The van der Waals surface area contributed by atoms with E-state index < -0.39 is 0 Å². The summed E-state index contributed by atoms with van der Waals surface area (Å²) in [4.78, 5) is 11.2. The molecule has 0 saturated carbocycles. The Morgan fingerprint density at radius 1 is 1.21 bits per heavy atom. The van der Waals surface area contributed by atoms with Gasteiger partial charge in [0.1, 0.15) is 0 Å². The number of benzene rings is 1. The Kier molecular flexibility index (Phi) is 2.31. The highest BCUT2D eigenvalue weighted by Gasteiger charge is 2.17. The standard InChI is InChI=1S/C11H12N2O/c1-13-11(14)8-7-10(12-13)9-5-3-2-4-6-9/h2-6H,7-8H2,1H3. The average molecular weight is 188 g/mol. The first kappa shape index (κ1) is 8.94. The zero-order chi connectivity index (χ0) is 9.97. The van der Waals surface area contributed by atoms with Crippen molar-refractivity contribution in [2.45, 2.75) is 12.8 Å². The lowest BCUT2D eigenvalue weighted by atomic mass is 10.0. The van der Waals surface area contributed by atoms with Crippen molar-refractivity contribution in [3.05, 3.63) is 35.9 Å². The Balaban J connectivity index is 2.29. The molecule has 3 heteroatoms. The van der Waals surface area contributed by atoms with Crippen LogP contribution in [0.15, 0.2) is 35.4 Å². The van der Waals surface area contributed by atoms with E-state index in [1.165, 1.54) is 5.01 Å². The zero-order valence-electron chi connectivity index (χ0n) is 8.10. The van der Waals surface area contributed by atoms with Crippen molar-refractivity contribution in [3.63, 3.8) is 0 Å². The maximum Gasteiger partial charge on any atom is 0.242 e. The van der Waals surface area contributed by atoms with Gasteiger partial charge in [-0.2, -0.15) is 5.10 Å². The summed E-state index contributed by atoms with van der Waals surface area (Å²) in [5.41, 5.74) is 2.10. The van der Waals surface area contributed by atoms with Crippen molar-refractivity contribution >= 4 is 11.6 Å². The number of rotatable bonds is 1. The molecular formula is C11H12N2O. The van der Waals surface area contributed by atoms with Crippen LogP contribution in [0.25, 0.3) is 0 Å². The molecule has 0 radical (unpaired) electrons. The maximum absolute atomic E-state index is 11.2. The molecule has 0 atom stereocenters. The molecule has 1 aromatic rings. The maximum atomic E-state index is 11.2. The number of nitrogens with zero attached hydrogens (tertiary/aromatic N) is 2. The molecule has 3 nitrogen and oxygen atoms in total. The van der Waals surface area contributed by atoms with Crippen molar-refractivity contribution in [1.82, 2.24) is 5.01 Å². The molecule has 1 aliphatic heterocycles. The number of hydrogen-bond donors (Lipinski definition) is 0. The summed E-state index contributed by atoms with van der Waals surface area (Å²) < 4.78 is 0. The highest BCUT2D eigenvalue weighted by molar-refractivity contribution is 6.04. The number of carbonyl (C=O) groups is 1. The fourth-order valence-corrected chi connectivity index (χ4v) is 1.51. The summed E-state index contributed by atoms with van der Waals surface area (Å²) >= 11 is 0. The molecule has 0 spiro atoms. The Morgan fingerprint density at radius 3 is 2.57 bits per heavy atom. The first-order valence-electron chi connectivity index (χ1n) is 4.67. The molecule has 14 heavy (non-hydrogen) atoms. The van der Waals surface area contributed by atoms with Crippen LogP contribution in [0, 0.1) is 0 Å². The molecule has 0 fully saturated rings. The van der Waals surface area contributed by atoms with Gasteiger partial charge in [0.15, 0.2) is 0 Å². The van der Waals surface area contributed by atoms with Gasteiger partial charge >= 0.3 is 0 Å². The molecule has 72 valence electrons. The fourth-order valence-electron chi connectivity index (χ4n) is 1.51. The lowest BCUT2D eigenvalue weighted by molar-refractivity contribution is -0.130. The molecule has 0 aliphatic carbocycles. The quantitative estimate of drug-likeness (QED) is 0.659. The van der Waals surface area contributed by atoms with Gasteiger partial charge in [-0.25, -0.2) is 5.01 Å². The third kappa shape index (κ3) is 1.66. The van der Waals surface area contributed by atoms with Crippen LogP contribution in [0.4, 0.5) is 0 Å². The first-order valence-corrected chi connectivity index (χ1v) is 4.67. The van der Waals surface area contributed by atoms with E-state index in [1.54, 1.807) is 7.05 Å². The first-order chi connectivity index (χ1) is 6.77. The Labute approximate surface area is 83.0 Å². The van der Waals surface area contributed by atoms with Crippen molar-refractivity contribution in [2.24, 2.45) is 5.10 Å². The van der Waals surface area contributed by atoms with Crippen molar-refractivity contribution in [1.29, 1.82) is 0 Å². The van der Waals surface area contributed by atoms with Crippen LogP contribution in [0.3, 0.4) is 0 Å². The van der Waals surface area contributed by atoms with Gasteiger partial charge in [-0.15, -0.1) is 0 Å². The molecule has 1 aliphatic rings. The van der Waals surface area contributed by atoms with E-state index in [0.29, 0.717) is 6.42 Å². The second-order valence-electron chi connectivity index (χ2n) is 3.33. The largest absolute Gasteiger partial charge is 0.273 e. The van der Waals surface area contributed by atoms with Gasteiger partial charge in [-0.05, 0) is 5.56 Å². The predicted molar refractivity (Wildman–Crippen MR) is 55.0 cm³/mol. The number of hydrazone groups is 1. The minimum atomic E-state index is 0.0877. The van der Waals surface area contributed by atoms with E-state index in [-0.39, 0.29) is 5.91 Å². The summed E-state index contributed by atoms with van der Waals surface area (Å²) in [6.45, 7) is 0. The summed E-state index contributed by atoms with van der Waals surface area (Å²) in [6.07, 6.45) is 1.30. The fraction of sp³-hybridized carbons (Fsp3) is 0.273. The molecule has 0 bridgehead atoms. The van der Waals surface area contributed by atoms with Crippen LogP contribution in [0.5, 0.6) is 0 Å². The van der Waals surface area contributed by atoms with Crippen LogP contribution < -0.4 is 0 Å². The number of hydrogen-bond acceptors (Lipinski definition) is 2. The Morgan fingerprint density at radius 2 is 1.93 bits per heavy atom. The summed E-state index contributed by atoms with van der Waals surface area (Å²) in [5.74, 6) is 0.0877. The average Bonchev–Trinajstić information content (AvgIpc) is 2.23. The lowest BCUT2D eigenvalue weighted by Crippen LogP contribution is -2.28. The molecule has 0 N–H and O–H groups in total. The Hall–Kier alpha value is -1.64. The third-order valence-electron chi connectivity index (χ3n) is 2.31. The van der Waals surface area contributed by atoms with Crippen molar-refractivity contribution < 1.29 is 4.79 Å². The topological polar surface area (TPSA) is 32.7 Å². The molecule has 0 aromatic heterocycles. The highest BCUT2D eigenvalue weighted by Crippen LogP contribution is 2.13. The van der Waals surface area contributed by atoms with Gasteiger partial charge in [0.05, 0.1) is 5.71 Å². The van der Waals surface area contributed by atoms with Gasteiger partial charge in [-0.1, -0.05) is 30.3 Å². The summed E-state index contributed by atoms with van der Waals surface area (Å²) in [5, 5.41) is 5.66. The predicted octanol–water partition coefficient (Wildman–Crippen LogP) is 1.64. The van der Waals surface area contributed by atoms with Gasteiger partial charge in [0.25, 0.3) is 0 Å². The molecule has 1 heterocycles. The van der Waals surface area contributed by atoms with Crippen LogP contribution in [0.2, 0.25) is 0 Å². The van der Waals surface area contributed by atoms with Crippen LogP contribution >= 0.6 is 0 Å². The van der Waals surface area contributed by atoms with E-state index in [1.807, 2.05) is 30.3 Å². The molecule has 2 rings (SSSR count). The van der Waals surface area contributed by atoms with E-state index >= 15 is 0 Å². The normalized spacial score (nSPS) is 16.8.